The molecule has 0 atom stereocenters. The molecule has 1 aromatic carbocycles. The number of aromatic nitrogens is 2. The smallest absolute Gasteiger partial charge is 0.241 e. The molecule has 7 heteroatoms. The number of methoxy groups -OCH3 is 3. The predicted molar refractivity (Wildman–Crippen MR) is 93.1 cm³/mol. The van der Waals surface area contributed by atoms with Crippen LogP contribution in [-0.4, -0.2) is 49.5 Å². The van der Waals surface area contributed by atoms with Gasteiger partial charge in [-0.25, -0.2) is 0 Å². The van der Waals surface area contributed by atoms with Crippen molar-refractivity contribution in [3.05, 3.63) is 18.0 Å². The topological polar surface area (TPSA) is 69.9 Å². The zero-order valence-corrected chi connectivity index (χ0v) is 15.1. The summed E-state index contributed by atoms with van der Waals surface area (Å²) in [6.45, 7) is 2.86. The molecule has 7 nitrogen and oxygen atoms in total. The van der Waals surface area contributed by atoms with Crippen LogP contribution in [0.1, 0.15) is 31.6 Å². The van der Waals surface area contributed by atoms with Crippen molar-refractivity contribution >= 4 is 0 Å². The Hall–Kier alpha value is -2.28. The number of rotatable bonds is 6. The monoisotopic (exact) mass is 347 g/mol. The first-order chi connectivity index (χ1) is 12.2. The maximum absolute atomic E-state index is 5.45. The van der Waals surface area contributed by atoms with Gasteiger partial charge in [-0.15, -0.1) is 0 Å². The van der Waals surface area contributed by atoms with Crippen LogP contribution in [0.2, 0.25) is 0 Å². The summed E-state index contributed by atoms with van der Waals surface area (Å²) in [7, 11) is 4.75. The lowest BCUT2D eigenvalue weighted by Crippen LogP contribution is -2.24. The van der Waals surface area contributed by atoms with Crippen LogP contribution in [0.25, 0.3) is 11.4 Å². The fourth-order valence-electron chi connectivity index (χ4n) is 3.13. The van der Waals surface area contributed by atoms with Crippen molar-refractivity contribution in [3.8, 4) is 28.6 Å². The number of benzene rings is 1. The molecule has 0 spiro atoms. The molecule has 25 heavy (non-hydrogen) atoms. The quantitative estimate of drug-likeness (QED) is 0.795. The highest BCUT2D eigenvalue weighted by Crippen LogP contribution is 2.40. The Morgan fingerprint density at radius 1 is 0.960 bits per heavy atom. The molecule has 0 aliphatic carbocycles. The summed E-state index contributed by atoms with van der Waals surface area (Å²) < 4.78 is 21.6. The molecule has 0 bridgehead atoms. The molecule has 3 rings (SSSR count). The molecule has 1 saturated heterocycles. The van der Waals surface area contributed by atoms with E-state index in [1.807, 2.05) is 12.1 Å². The van der Waals surface area contributed by atoms with Crippen LogP contribution >= 0.6 is 0 Å². The lowest BCUT2D eigenvalue weighted by molar-refractivity contribution is 0.234. The molecular weight excluding hydrogens is 322 g/mol. The Bertz CT molecular complexity index is 668. The van der Waals surface area contributed by atoms with Crippen molar-refractivity contribution in [3.63, 3.8) is 0 Å². The van der Waals surface area contributed by atoms with Crippen LogP contribution in [0.15, 0.2) is 16.7 Å². The third kappa shape index (κ3) is 4.04. The average molecular weight is 347 g/mol. The van der Waals surface area contributed by atoms with Gasteiger partial charge in [0.05, 0.1) is 27.9 Å². The van der Waals surface area contributed by atoms with Gasteiger partial charge in [-0.1, -0.05) is 18.0 Å². The van der Waals surface area contributed by atoms with Crippen LogP contribution in [0.3, 0.4) is 0 Å². The molecule has 1 aliphatic heterocycles. The SMILES string of the molecule is COc1cc(-c2noc(CN3CCCCCC3)n2)cc(OC)c1OC. The number of hydrogen-bond acceptors (Lipinski definition) is 7. The maximum Gasteiger partial charge on any atom is 0.241 e. The van der Waals surface area contributed by atoms with Crippen molar-refractivity contribution in [2.24, 2.45) is 0 Å². The third-order valence-electron chi connectivity index (χ3n) is 4.45. The van der Waals surface area contributed by atoms with Crippen LogP contribution in [0.4, 0.5) is 0 Å². The summed E-state index contributed by atoms with van der Waals surface area (Å²) in [6.07, 6.45) is 5.07. The van der Waals surface area contributed by atoms with Gasteiger partial charge in [-0.3, -0.25) is 4.90 Å². The first-order valence-electron chi connectivity index (χ1n) is 8.60. The van der Waals surface area contributed by atoms with Gasteiger partial charge in [-0.05, 0) is 38.1 Å². The van der Waals surface area contributed by atoms with E-state index in [0.717, 1.165) is 18.7 Å². The number of likely N-dealkylation sites (tertiary alicyclic amines) is 1. The second-order valence-corrected chi connectivity index (χ2v) is 6.12. The van der Waals surface area contributed by atoms with Crippen LogP contribution < -0.4 is 14.2 Å². The molecule has 136 valence electrons. The Labute approximate surface area is 147 Å². The lowest BCUT2D eigenvalue weighted by atomic mass is 10.1. The fourth-order valence-corrected chi connectivity index (χ4v) is 3.13. The van der Waals surface area contributed by atoms with Gasteiger partial charge < -0.3 is 18.7 Å². The second kappa shape index (κ2) is 8.20. The highest BCUT2D eigenvalue weighted by Gasteiger charge is 2.18. The van der Waals surface area contributed by atoms with Crippen molar-refractivity contribution in [2.45, 2.75) is 32.2 Å². The molecular formula is C18H25N3O4. The zero-order valence-electron chi connectivity index (χ0n) is 15.1. The van der Waals surface area contributed by atoms with E-state index >= 15 is 0 Å². The molecule has 2 aromatic rings. The normalized spacial score (nSPS) is 15.6. The summed E-state index contributed by atoms with van der Waals surface area (Å²) in [6, 6.07) is 3.64. The van der Waals surface area contributed by atoms with Gasteiger partial charge in [-0.2, -0.15) is 4.98 Å². The minimum atomic E-state index is 0.518. The van der Waals surface area contributed by atoms with Crippen molar-refractivity contribution in [2.75, 3.05) is 34.4 Å². The van der Waals surface area contributed by atoms with Crippen LogP contribution in [0, 0.1) is 0 Å². The minimum absolute atomic E-state index is 0.518. The average Bonchev–Trinajstić information content (AvgIpc) is 2.96. The number of nitrogens with zero attached hydrogens (tertiary/aromatic N) is 3. The van der Waals surface area contributed by atoms with E-state index < -0.39 is 0 Å². The van der Waals surface area contributed by atoms with Gasteiger partial charge in [0.25, 0.3) is 0 Å². The summed E-state index contributed by atoms with van der Waals surface area (Å²) in [4.78, 5) is 6.91. The highest BCUT2D eigenvalue weighted by molar-refractivity contribution is 5.66. The van der Waals surface area contributed by atoms with Crippen LogP contribution in [0.5, 0.6) is 17.2 Å². The van der Waals surface area contributed by atoms with E-state index in [2.05, 4.69) is 15.0 Å². The molecule has 0 N–H and O–H groups in total. The van der Waals surface area contributed by atoms with E-state index in [0.29, 0.717) is 35.5 Å². The van der Waals surface area contributed by atoms with Gasteiger partial charge in [0.1, 0.15) is 0 Å². The molecule has 0 unspecified atom stereocenters. The molecule has 0 saturated carbocycles. The van der Waals surface area contributed by atoms with E-state index in [1.54, 1.807) is 21.3 Å². The summed E-state index contributed by atoms with van der Waals surface area (Å²) >= 11 is 0. The first kappa shape index (κ1) is 17.5. The molecule has 0 amide bonds. The third-order valence-corrected chi connectivity index (χ3v) is 4.45. The Balaban J connectivity index is 1.81. The maximum atomic E-state index is 5.45. The van der Waals surface area contributed by atoms with Crippen LogP contribution in [-0.2, 0) is 6.54 Å². The second-order valence-electron chi connectivity index (χ2n) is 6.12. The number of hydrogen-bond donors (Lipinski definition) is 0. The van der Waals surface area contributed by atoms with Gasteiger partial charge in [0, 0.05) is 5.56 Å². The molecule has 1 fully saturated rings. The number of ether oxygens (including phenoxy) is 3. The molecule has 0 radical (unpaired) electrons. The van der Waals surface area contributed by atoms with Crippen molar-refractivity contribution in [1.82, 2.24) is 15.0 Å². The first-order valence-corrected chi connectivity index (χ1v) is 8.60. The molecule has 1 aliphatic rings. The Kier molecular flexibility index (Phi) is 5.75. The summed E-state index contributed by atoms with van der Waals surface area (Å²) in [5, 5.41) is 4.12. The standard InChI is InChI=1S/C18H25N3O4/c1-22-14-10-13(11-15(23-2)17(14)24-3)18-19-16(25-20-18)12-21-8-6-4-5-7-9-21/h10-11H,4-9,12H2,1-3H3. The van der Waals surface area contributed by atoms with Gasteiger partial charge in [0.15, 0.2) is 11.5 Å². The minimum Gasteiger partial charge on any atom is -0.493 e. The lowest BCUT2D eigenvalue weighted by Gasteiger charge is -2.16. The summed E-state index contributed by atoms with van der Waals surface area (Å²) in [5.41, 5.74) is 0.764. The molecule has 2 heterocycles. The molecule has 1 aromatic heterocycles. The predicted octanol–water partition coefficient (Wildman–Crippen LogP) is 3.14. The largest absolute Gasteiger partial charge is 0.493 e. The summed E-state index contributed by atoms with van der Waals surface area (Å²) in [5.74, 6) is 2.82. The van der Waals surface area contributed by atoms with E-state index in [4.69, 9.17) is 18.7 Å². The Morgan fingerprint density at radius 3 is 2.16 bits per heavy atom. The Morgan fingerprint density at radius 2 is 1.60 bits per heavy atom. The highest BCUT2D eigenvalue weighted by atomic mass is 16.5. The van der Waals surface area contributed by atoms with E-state index in [-0.39, 0.29) is 0 Å². The van der Waals surface area contributed by atoms with Gasteiger partial charge >= 0.3 is 0 Å². The van der Waals surface area contributed by atoms with E-state index in [1.165, 1.54) is 25.7 Å². The zero-order chi connectivity index (χ0) is 17.6. The van der Waals surface area contributed by atoms with Gasteiger partial charge in [0.2, 0.25) is 17.5 Å². The fraction of sp³-hybridized carbons (Fsp3) is 0.556. The van der Waals surface area contributed by atoms with Crippen molar-refractivity contribution in [1.29, 1.82) is 0 Å². The van der Waals surface area contributed by atoms with E-state index in [9.17, 15) is 0 Å². The van der Waals surface area contributed by atoms with Crippen molar-refractivity contribution < 1.29 is 18.7 Å².